The molecule has 3 atom stereocenters. The van der Waals surface area contributed by atoms with Crippen molar-refractivity contribution in [2.24, 2.45) is 5.73 Å². The molecule has 11 heteroatoms. The summed E-state index contributed by atoms with van der Waals surface area (Å²) in [7, 11) is 0. The van der Waals surface area contributed by atoms with Gasteiger partial charge in [0, 0.05) is 18.0 Å². The summed E-state index contributed by atoms with van der Waals surface area (Å²) in [6.07, 6.45) is -1.40. The Morgan fingerprint density at radius 3 is 2.87 bits per heavy atom. The number of carbonyl (C=O) groups is 1. The average molecular weight is 433 g/mol. The van der Waals surface area contributed by atoms with Crippen molar-refractivity contribution in [1.82, 2.24) is 9.55 Å². The SMILES string of the molecule is C[C@@H]1Cn2cc(N3C(=C=O)OC[C@H]3C(F)F)nc2-c2ccc(N[C@@H](C)C(N)=O)cc2O1. The van der Waals surface area contributed by atoms with Crippen LogP contribution in [0.4, 0.5) is 20.3 Å². The average Bonchev–Trinajstić information content (AvgIpc) is 3.29. The van der Waals surface area contributed by atoms with E-state index in [-0.39, 0.29) is 24.4 Å². The minimum Gasteiger partial charge on any atom is -0.488 e. The maximum atomic E-state index is 13.5. The van der Waals surface area contributed by atoms with Crippen molar-refractivity contribution in [2.45, 2.75) is 45.0 Å². The van der Waals surface area contributed by atoms with E-state index < -0.39 is 24.4 Å². The van der Waals surface area contributed by atoms with Crippen LogP contribution in [-0.4, -0.2) is 52.6 Å². The molecule has 1 amide bonds. The molecular weight excluding hydrogens is 412 g/mol. The molecule has 31 heavy (non-hydrogen) atoms. The minimum absolute atomic E-state index is 0.167. The Morgan fingerprint density at radius 1 is 1.42 bits per heavy atom. The molecule has 3 heterocycles. The molecule has 0 aliphatic carbocycles. The van der Waals surface area contributed by atoms with E-state index in [0.29, 0.717) is 29.4 Å². The maximum Gasteiger partial charge on any atom is 0.284 e. The molecular formula is C20H21F2N5O4. The van der Waals surface area contributed by atoms with Crippen LogP contribution >= 0.6 is 0 Å². The van der Waals surface area contributed by atoms with E-state index in [9.17, 15) is 18.4 Å². The van der Waals surface area contributed by atoms with Gasteiger partial charge in [0.2, 0.25) is 5.91 Å². The first-order chi connectivity index (χ1) is 14.8. The highest BCUT2D eigenvalue weighted by atomic mass is 19.3. The number of benzene rings is 1. The smallest absolute Gasteiger partial charge is 0.284 e. The Hall–Kier alpha value is -3.59. The Bertz CT molecular complexity index is 1070. The summed E-state index contributed by atoms with van der Waals surface area (Å²) in [4.78, 5) is 28.1. The lowest BCUT2D eigenvalue weighted by atomic mass is 10.1. The lowest BCUT2D eigenvalue weighted by Crippen LogP contribution is -2.36. The summed E-state index contributed by atoms with van der Waals surface area (Å²) in [5, 5.41) is 3.00. The first kappa shape index (κ1) is 20.7. The third-order valence-electron chi connectivity index (χ3n) is 5.14. The van der Waals surface area contributed by atoms with Crippen LogP contribution in [0.1, 0.15) is 13.8 Å². The van der Waals surface area contributed by atoms with E-state index in [2.05, 4.69) is 10.3 Å². The van der Waals surface area contributed by atoms with E-state index in [1.807, 2.05) is 6.92 Å². The molecule has 1 saturated heterocycles. The first-order valence-electron chi connectivity index (χ1n) is 9.68. The molecule has 2 aliphatic heterocycles. The largest absolute Gasteiger partial charge is 0.488 e. The van der Waals surface area contributed by atoms with Crippen LogP contribution in [0, 0.1) is 0 Å². The lowest BCUT2D eigenvalue weighted by molar-refractivity contribution is -0.118. The van der Waals surface area contributed by atoms with Gasteiger partial charge in [-0.05, 0) is 26.0 Å². The van der Waals surface area contributed by atoms with E-state index in [1.165, 1.54) is 0 Å². The van der Waals surface area contributed by atoms with Gasteiger partial charge >= 0.3 is 0 Å². The molecule has 0 radical (unpaired) electrons. The Morgan fingerprint density at radius 2 is 2.19 bits per heavy atom. The maximum absolute atomic E-state index is 13.5. The van der Waals surface area contributed by atoms with Gasteiger partial charge in [-0.15, -0.1) is 0 Å². The molecule has 0 saturated carbocycles. The molecule has 0 bridgehead atoms. The number of alkyl halides is 2. The minimum atomic E-state index is -2.73. The fraction of sp³-hybridized carbons (Fsp3) is 0.400. The fourth-order valence-corrected chi connectivity index (χ4v) is 3.62. The summed E-state index contributed by atoms with van der Waals surface area (Å²) in [6, 6.07) is 3.32. The summed E-state index contributed by atoms with van der Waals surface area (Å²) < 4.78 is 39.8. The van der Waals surface area contributed by atoms with Crippen LogP contribution in [0.3, 0.4) is 0 Å². The Labute approximate surface area is 176 Å². The van der Waals surface area contributed by atoms with Crippen LogP contribution in [-0.2, 0) is 20.9 Å². The van der Waals surface area contributed by atoms with E-state index >= 15 is 0 Å². The topological polar surface area (TPSA) is 112 Å². The van der Waals surface area contributed by atoms with Gasteiger partial charge in [-0.2, -0.15) is 0 Å². The standard InChI is InChI=1S/C20H21F2N5O4/c1-10-6-26-7-16(27-14(18(21)22)9-30-17(27)8-28)25-20(26)13-4-3-12(5-15(13)31-10)24-11(2)19(23)29/h3-5,7,10-11,14,18,24H,6,9H2,1-2H3,(H2,23,29)/t10-,11+,14+/m1/s1. The first-order valence-corrected chi connectivity index (χ1v) is 9.68. The van der Waals surface area contributed by atoms with Gasteiger partial charge < -0.3 is 25.1 Å². The third-order valence-corrected chi connectivity index (χ3v) is 5.14. The molecule has 9 nitrogen and oxygen atoms in total. The summed E-state index contributed by atoms with van der Waals surface area (Å²) in [5.41, 5.74) is 6.58. The number of halogens is 2. The van der Waals surface area contributed by atoms with Crippen molar-refractivity contribution in [3.8, 4) is 17.1 Å². The van der Waals surface area contributed by atoms with Crippen LogP contribution in [0.15, 0.2) is 30.3 Å². The van der Waals surface area contributed by atoms with Crippen molar-refractivity contribution in [3.63, 3.8) is 0 Å². The number of carbonyl (C=O) groups excluding carboxylic acids is 2. The van der Waals surface area contributed by atoms with Crippen molar-refractivity contribution in [1.29, 1.82) is 0 Å². The van der Waals surface area contributed by atoms with E-state index in [0.717, 1.165) is 4.90 Å². The number of nitrogens with zero attached hydrogens (tertiary/aromatic N) is 3. The Kier molecular flexibility index (Phi) is 5.28. The van der Waals surface area contributed by atoms with Crippen LogP contribution in [0.25, 0.3) is 11.4 Å². The van der Waals surface area contributed by atoms with Gasteiger partial charge in [-0.25, -0.2) is 18.6 Å². The van der Waals surface area contributed by atoms with Gasteiger partial charge in [0.1, 0.15) is 36.4 Å². The number of anilines is 2. The fourth-order valence-electron chi connectivity index (χ4n) is 3.62. The second-order valence-electron chi connectivity index (χ2n) is 7.47. The molecule has 2 aromatic rings. The molecule has 2 aliphatic rings. The highest BCUT2D eigenvalue weighted by Crippen LogP contribution is 2.38. The van der Waals surface area contributed by atoms with Crippen LogP contribution in [0.5, 0.6) is 5.75 Å². The van der Waals surface area contributed by atoms with Crippen molar-refractivity contribution in [3.05, 3.63) is 30.3 Å². The predicted molar refractivity (Wildman–Crippen MR) is 107 cm³/mol. The number of amides is 1. The predicted octanol–water partition coefficient (Wildman–Crippen LogP) is 1.76. The monoisotopic (exact) mass is 433 g/mol. The number of imidazole rings is 1. The second-order valence-corrected chi connectivity index (χ2v) is 7.47. The molecule has 4 rings (SSSR count). The number of primary amides is 1. The zero-order valence-corrected chi connectivity index (χ0v) is 16.8. The molecule has 1 aromatic carbocycles. The number of ether oxygens (including phenoxy) is 2. The lowest BCUT2D eigenvalue weighted by Gasteiger charge is -2.20. The van der Waals surface area contributed by atoms with Crippen molar-refractivity contribution in [2.75, 3.05) is 16.8 Å². The highest BCUT2D eigenvalue weighted by Gasteiger charge is 2.40. The summed E-state index contributed by atoms with van der Waals surface area (Å²) in [6.45, 7) is 3.59. The van der Waals surface area contributed by atoms with Crippen molar-refractivity contribution >= 4 is 23.4 Å². The number of hydrogen-bond donors (Lipinski definition) is 2. The zero-order valence-electron chi connectivity index (χ0n) is 16.8. The molecule has 1 aromatic heterocycles. The van der Waals surface area contributed by atoms with Gasteiger partial charge in [-0.1, -0.05) is 0 Å². The van der Waals surface area contributed by atoms with Gasteiger partial charge in [0.05, 0.1) is 12.1 Å². The number of aromatic nitrogens is 2. The number of nitrogens with one attached hydrogen (secondary N) is 1. The van der Waals surface area contributed by atoms with Crippen LogP contribution in [0.2, 0.25) is 0 Å². The van der Waals surface area contributed by atoms with Gasteiger partial charge in [-0.3, -0.25) is 9.69 Å². The summed E-state index contributed by atoms with van der Waals surface area (Å²) in [5.74, 6) is 1.93. The molecule has 1 fully saturated rings. The number of fused-ring (bicyclic) bond motifs is 3. The highest BCUT2D eigenvalue weighted by molar-refractivity contribution is 5.83. The quantitative estimate of drug-likeness (QED) is 0.691. The van der Waals surface area contributed by atoms with E-state index in [1.54, 1.807) is 41.8 Å². The molecule has 164 valence electrons. The summed E-state index contributed by atoms with van der Waals surface area (Å²) >= 11 is 0. The molecule has 3 N–H and O–H groups in total. The van der Waals surface area contributed by atoms with Crippen LogP contribution < -0.4 is 20.7 Å². The van der Waals surface area contributed by atoms with Crippen molar-refractivity contribution < 1.29 is 27.8 Å². The third kappa shape index (κ3) is 3.79. The van der Waals surface area contributed by atoms with Gasteiger partial charge in [0.25, 0.3) is 12.3 Å². The molecule has 0 spiro atoms. The number of rotatable bonds is 5. The second kappa shape index (κ2) is 7.92. The van der Waals surface area contributed by atoms with E-state index in [4.69, 9.17) is 15.2 Å². The normalized spacial score (nSPS) is 20.8. The molecule has 0 unspecified atom stereocenters. The number of nitrogens with two attached hydrogens (primary N) is 1. The Balaban J connectivity index is 1.74. The number of hydrogen-bond acceptors (Lipinski definition) is 7. The zero-order chi connectivity index (χ0) is 22.3. The van der Waals surface area contributed by atoms with Gasteiger partial charge in [0.15, 0.2) is 11.8 Å².